The van der Waals surface area contributed by atoms with Crippen molar-refractivity contribution in [2.75, 3.05) is 24.5 Å². The molecule has 0 radical (unpaired) electrons. The van der Waals surface area contributed by atoms with Gasteiger partial charge in [-0.15, -0.1) is 6.58 Å². The highest BCUT2D eigenvalue weighted by atomic mass is 35.5. The summed E-state index contributed by atoms with van der Waals surface area (Å²) in [6.07, 6.45) is -2.63. The van der Waals surface area contributed by atoms with Crippen LogP contribution in [0, 0.1) is 5.92 Å². The Morgan fingerprint density at radius 2 is 1.78 bits per heavy atom. The van der Waals surface area contributed by atoms with Crippen molar-refractivity contribution in [3.8, 4) is 0 Å². The second kappa shape index (κ2) is 9.64. The molecule has 0 N–H and O–H groups in total. The van der Waals surface area contributed by atoms with Gasteiger partial charge >= 0.3 is 6.18 Å². The Balaban J connectivity index is 1.75. The van der Waals surface area contributed by atoms with Crippen LogP contribution in [0.25, 0.3) is 0 Å². The van der Waals surface area contributed by atoms with E-state index in [2.05, 4.69) is 6.58 Å². The van der Waals surface area contributed by atoms with Crippen LogP contribution in [0.1, 0.15) is 18.4 Å². The zero-order valence-electron chi connectivity index (χ0n) is 17.1. The number of anilines is 1. The summed E-state index contributed by atoms with van der Waals surface area (Å²) in [6, 6.07) is 11.6. The Labute approximate surface area is 190 Å². The van der Waals surface area contributed by atoms with Crippen LogP contribution in [-0.2, 0) is 21.0 Å². The van der Waals surface area contributed by atoms with Crippen molar-refractivity contribution < 1.29 is 26.4 Å². The predicted molar refractivity (Wildman–Crippen MR) is 117 cm³/mol. The van der Waals surface area contributed by atoms with Crippen molar-refractivity contribution in [1.82, 2.24) is 4.31 Å². The van der Waals surface area contributed by atoms with Gasteiger partial charge in [-0.3, -0.25) is 4.79 Å². The fourth-order valence-electron chi connectivity index (χ4n) is 3.65. The monoisotopic (exact) mass is 486 g/mol. The lowest BCUT2D eigenvalue weighted by Gasteiger charge is -2.33. The maximum Gasteiger partial charge on any atom is 0.417 e. The van der Waals surface area contributed by atoms with E-state index in [1.165, 1.54) is 0 Å². The molecule has 2 aromatic carbocycles. The molecular formula is C22H22ClF3N2O3S. The fraction of sp³-hybridized carbons (Fsp3) is 0.318. The number of nitrogens with zero attached hydrogens (tertiary/aromatic N) is 2. The summed E-state index contributed by atoms with van der Waals surface area (Å²) in [4.78, 5) is 14.2. The van der Waals surface area contributed by atoms with E-state index in [0.29, 0.717) is 18.3 Å². The molecule has 0 aromatic heterocycles. The molecule has 1 saturated heterocycles. The molecule has 1 fully saturated rings. The van der Waals surface area contributed by atoms with E-state index in [1.807, 2.05) is 18.2 Å². The Bertz CT molecular complexity index is 1080. The van der Waals surface area contributed by atoms with Gasteiger partial charge < -0.3 is 4.90 Å². The average Bonchev–Trinajstić information content (AvgIpc) is 2.77. The fourth-order valence-corrected chi connectivity index (χ4v) is 5.38. The van der Waals surface area contributed by atoms with E-state index >= 15 is 0 Å². The SMILES string of the molecule is C=CCN(C(=O)C1CCN(S(=O)(=O)c2ccc(Cl)c(C(F)(F)F)c2)CC1)c1ccccc1. The van der Waals surface area contributed by atoms with Crippen LogP contribution >= 0.6 is 11.6 Å². The van der Waals surface area contributed by atoms with E-state index in [0.717, 1.165) is 16.4 Å². The molecule has 2 aromatic rings. The topological polar surface area (TPSA) is 57.7 Å². The molecule has 1 heterocycles. The third-order valence-corrected chi connectivity index (χ3v) is 7.55. The molecule has 0 unspecified atom stereocenters. The Hall–Kier alpha value is -2.36. The molecule has 10 heteroatoms. The van der Waals surface area contributed by atoms with Crippen LogP contribution < -0.4 is 4.90 Å². The maximum absolute atomic E-state index is 13.1. The maximum atomic E-state index is 13.1. The third kappa shape index (κ3) is 5.16. The van der Waals surface area contributed by atoms with E-state index in [4.69, 9.17) is 11.6 Å². The van der Waals surface area contributed by atoms with Crippen LogP contribution in [0.2, 0.25) is 5.02 Å². The zero-order valence-corrected chi connectivity index (χ0v) is 18.6. The van der Waals surface area contributed by atoms with Gasteiger partial charge in [0.25, 0.3) is 0 Å². The average molecular weight is 487 g/mol. The van der Waals surface area contributed by atoms with Gasteiger partial charge in [0.15, 0.2) is 0 Å². The van der Waals surface area contributed by atoms with Crippen molar-refractivity contribution in [2.45, 2.75) is 23.9 Å². The second-order valence-electron chi connectivity index (χ2n) is 7.39. The number of piperidine rings is 1. The molecule has 1 aliphatic heterocycles. The molecule has 5 nitrogen and oxygen atoms in total. The number of para-hydroxylation sites is 1. The molecule has 0 atom stereocenters. The molecule has 1 aliphatic rings. The van der Waals surface area contributed by atoms with Gasteiger partial charge in [0.1, 0.15) is 0 Å². The summed E-state index contributed by atoms with van der Waals surface area (Å²) in [5.41, 5.74) is -0.485. The van der Waals surface area contributed by atoms with E-state index in [1.54, 1.807) is 23.1 Å². The first-order valence-electron chi connectivity index (χ1n) is 9.90. The zero-order chi connectivity index (χ0) is 23.5. The third-order valence-electron chi connectivity index (χ3n) is 5.33. The number of amides is 1. The Morgan fingerprint density at radius 1 is 1.16 bits per heavy atom. The number of hydrogen-bond donors (Lipinski definition) is 0. The second-order valence-corrected chi connectivity index (χ2v) is 9.74. The van der Waals surface area contributed by atoms with Crippen molar-refractivity contribution in [3.05, 3.63) is 71.8 Å². The highest BCUT2D eigenvalue weighted by Gasteiger charge is 2.37. The first-order valence-corrected chi connectivity index (χ1v) is 11.7. The molecule has 0 spiro atoms. The number of rotatable bonds is 6. The molecule has 1 amide bonds. The minimum Gasteiger partial charge on any atom is -0.308 e. The number of halogens is 4. The minimum absolute atomic E-state index is 0.0272. The number of carbonyl (C=O) groups excluding carboxylic acids is 1. The lowest BCUT2D eigenvalue weighted by Crippen LogP contribution is -2.44. The quantitative estimate of drug-likeness (QED) is 0.541. The summed E-state index contributed by atoms with van der Waals surface area (Å²) in [6.45, 7) is 4.06. The number of hydrogen-bond acceptors (Lipinski definition) is 3. The van der Waals surface area contributed by atoms with Gasteiger partial charge in [0.2, 0.25) is 15.9 Å². The number of carbonyl (C=O) groups is 1. The smallest absolute Gasteiger partial charge is 0.308 e. The molecule has 0 saturated carbocycles. The van der Waals surface area contributed by atoms with Crippen LogP contribution in [0.4, 0.5) is 18.9 Å². The van der Waals surface area contributed by atoms with Crippen LogP contribution in [0.3, 0.4) is 0 Å². The lowest BCUT2D eigenvalue weighted by molar-refractivity contribution is -0.137. The van der Waals surface area contributed by atoms with E-state index < -0.39 is 37.6 Å². The summed E-state index contributed by atoms with van der Waals surface area (Å²) in [5.74, 6) is -0.545. The standard InChI is InChI=1S/C22H22ClF3N2O3S/c1-2-12-28(17-6-4-3-5-7-17)21(29)16-10-13-27(14-11-16)32(30,31)18-8-9-20(23)19(15-18)22(24,25)26/h2-9,15-16H,1,10-14H2. The van der Waals surface area contributed by atoms with Crippen molar-refractivity contribution >= 4 is 33.2 Å². The van der Waals surface area contributed by atoms with Crippen molar-refractivity contribution in [1.29, 1.82) is 0 Å². The largest absolute Gasteiger partial charge is 0.417 e. The number of alkyl halides is 3. The number of sulfonamides is 1. The van der Waals surface area contributed by atoms with Crippen LogP contribution in [0.5, 0.6) is 0 Å². The molecule has 3 rings (SSSR count). The van der Waals surface area contributed by atoms with Gasteiger partial charge in [-0.25, -0.2) is 8.42 Å². The van der Waals surface area contributed by atoms with Crippen molar-refractivity contribution in [3.63, 3.8) is 0 Å². The Morgan fingerprint density at radius 3 is 2.34 bits per heavy atom. The van der Waals surface area contributed by atoms with Gasteiger partial charge in [-0.1, -0.05) is 35.9 Å². The van der Waals surface area contributed by atoms with E-state index in [-0.39, 0.29) is 31.8 Å². The Kier molecular flexibility index (Phi) is 7.32. The molecule has 32 heavy (non-hydrogen) atoms. The van der Waals surface area contributed by atoms with Crippen LogP contribution in [-0.4, -0.2) is 38.3 Å². The summed E-state index contributed by atoms with van der Waals surface area (Å²) in [5, 5.41) is -0.566. The first-order chi connectivity index (χ1) is 15.1. The van der Waals surface area contributed by atoms with Crippen LogP contribution in [0.15, 0.2) is 66.1 Å². The summed E-state index contributed by atoms with van der Waals surface area (Å²) < 4.78 is 66.4. The highest BCUT2D eigenvalue weighted by molar-refractivity contribution is 7.89. The summed E-state index contributed by atoms with van der Waals surface area (Å²) >= 11 is 5.60. The molecule has 0 bridgehead atoms. The lowest BCUT2D eigenvalue weighted by atomic mass is 9.96. The van der Waals surface area contributed by atoms with Gasteiger partial charge in [-0.05, 0) is 43.2 Å². The first kappa shape index (κ1) is 24.3. The highest BCUT2D eigenvalue weighted by Crippen LogP contribution is 2.37. The normalized spacial score (nSPS) is 16.0. The van der Waals surface area contributed by atoms with Gasteiger partial charge in [-0.2, -0.15) is 17.5 Å². The van der Waals surface area contributed by atoms with E-state index in [9.17, 15) is 26.4 Å². The van der Waals surface area contributed by atoms with Gasteiger partial charge in [0.05, 0.1) is 15.5 Å². The van der Waals surface area contributed by atoms with Crippen molar-refractivity contribution in [2.24, 2.45) is 5.92 Å². The molecule has 0 aliphatic carbocycles. The number of benzene rings is 2. The van der Waals surface area contributed by atoms with Gasteiger partial charge in [0, 0.05) is 31.2 Å². The summed E-state index contributed by atoms with van der Waals surface area (Å²) in [7, 11) is -4.16. The molecule has 172 valence electrons. The molecular weight excluding hydrogens is 465 g/mol. The predicted octanol–water partition coefficient (Wildman–Crippen LogP) is 4.98. The minimum atomic E-state index is -4.77.